The first-order chi connectivity index (χ1) is 13.3. The topological polar surface area (TPSA) is 68.0 Å². The molecule has 2 aromatic carbocycles. The van der Waals surface area contributed by atoms with Gasteiger partial charge in [0.2, 0.25) is 5.91 Å². The fourth-order valence-electron chi connectivity index (χ4n) is 2.56. The first kappa shape index (κ1) is 20.1. The van der Waals surface area contributed by atoms with Crippen LogP contribution < -0.4 is 5.32 Å². The molecule has 3 aromatic rings. The zero-order valence-electron chi connectivity index (χ0n) is 15.7. The molecule has 0 spiro atoms. The predicted octanol–water partition coefficient (Wildman–Crippen LogP) is 6.13. The molecule has 3 rings (SSSR count). The van der Waals surface area contributed by atoms with E-state index in [1.807, 2.05) is 39.0 Å². The molecule has 1 heterocycles. The molecule has 0 radical (unpaired) electrons. The predicted molar refractivity (Wildman–Crippen MR) is 113 cm³/mol. The first-order valence-corrected chi connectivity index (χ1v) is 9.48. The number of anilines is 1. The molecule has 0 aliphatic heterocycles. The largest absolute Gasteiger partial charge is 0.334 e. The summed E-state index contributed by atoms with van der Waals surface area (Å²) >= 11 is 12.1. The Hall–Kier alpha value is -2.63. The monoisotopic (exact) mass is 415 g/mol. The van der Waals surface area contributed by atoms with Crippen molar-refractivity contribution in [1.29, 1.82) is 0 Å². The molecule has 0 saturated carbocycles. The first-order valence-electron chi connectivity index (χ1n) is 8.73. The average Bonchev–Trinajstić information content (AvgIpc) is 3.14. The van der Waals surface area contributed by atoms with Gasteiger partial charge in [-0.25, -0.2) is 0 Å². The molecule has 1 aromatic heterocycles. The van der Waals surface area contributed by atoms with Crippen LogP contribution >= 0.6 is 23.2 Å². The van der Waals surface area contributed by atoms with Crippen molar-refractivity contribution in [3.05, 3.63) is 69.5 Å². The van der Waals surface area contributed by atoms with Crippen molar-refractivity contribution in [2.24, 2.45) is 0 Å². The number of aromatic nitrogens is 2. The van der Waals surface area contributed by atoms with E-state index < -0.39 is 0 Å². The van der Waals surface area contributed by atoms with Crippen molar-refractivity contribution in [3.63, 3.8) is 0 Å². The highest BCUT2D eigenvalue weighted by molar-refractivity contribution is 6.34. The van der Waals surface area contributed by atoms with Crippen LogP contribution in [0.4, 0.5) is 5.69 Å². The van der Waals surface area contributed by atoms with Crippen molar-refractivity contribution < 1.29 is 9.32 Å². The van der Waals surface area contributed by atoms with Gasteiger partial charge >= 0.3 is 0 Å². The molecule has 0 unspecified atom stereocenters. The van der Waals surface area contributed by atoms with Gasteiger partial charge in [0.1, 0.15) is 0 Å². The molecular formula is C21H19Cl2N3O2. The standard InChI is InChI=1S/C21H19Cl2N3O2/c1-12(2)20-25-21(28-26-20)16-6-4-5-13(3)19(16)24-18(27)10-7-14-11-15(22)8-9-17(14)23/h4-12H,1-3H3,(H,24,27)/b10-7+. The van der Waals surface area contributed by atoms with E-state index in [1.54, 1.807) is 24.3 Å². The van der Waals surface area contributed by atoms with Gasteiger partial charge in [0.25, 0.3) is 5.89 Å². The molecule has 1 N–H and O–H groups in total. The SMILES string of the molecule is Cc1cccc(-c2nc(C(C)C)no2)c1NC(=O)/C=C/c1cc(Cl)ccc1Cl. The lowest BCUT2D eigenvalue weighted by Crippen LogP contribution is -2.10. The summed E-state index contributed by atoms with van der Waals surface area (Å²) in [7, 11) is 0. The Labute approximate surface area is 173 Å². The van der Waals surface area contributed by atoms with Gasteiger partial charge in [-0.05, 0) is 48.4 Å². The van der Waals surface area contributed by atoms with Gasteiger partial charge in [-0.1, -0.05) is 54.3 Å². The Morgan fingerprint density at radius 3 is 2.71 bits per heavy atom. The van der Waals surface area contributed by atoms with Crippen LogP contribution in [0, 0.1) is 6.92 Å². The highest BCUT2D eigenvalue weighted by Gasteiger charge is 2.17. The molecule has 0 aliphatic rings. The van der Waals surface area contributed by atoms with Crippen molar-refractivity contribution in [3.8, 4) is 11.5 Å². The molecule has 5 nitrogen and oxygen atoms in total. The van der Waals surface area contributed by atoms with Crippen LogP contribution in [0.25, 0.3) is 17.5 Å². The number of hydrogen-bond acceptors (Lipinski definition) is 4. The van der Waals surface area contributed by atoms with Crippen LogP contribution in [0.1, 0.15) is 36.7 Å². The Morgan fingerprint density at radius 1 is 1.21 bits per heavy atom. The Morgan fingerprint density at radius 2 is 2.00 bits per heavy atom. The highest BCUT2D eigenvalue weighted by atomic mass is 35.5. The van der Waals surface area contributed by atoms with E-state index in [0.717, 1.165) is 5.56 Å². The van der Waals surface area contributed by atoms with E-state index in [1.165, 1.54) is 6.08 Å². The third-order valence-corrected chi connectivity index (χ3v) is 4.66. The minimum atomic E-state index is -0.310. The highest BCUT2D eigenvalue weighted by Crippen LogP contribution is 2.30. The van der Waals surface area contributed by atoms with E-state index in [-0.39, 0.29) is 11.8 Å². The zero-order chi connectivity index (χ0) is 20.3. The summed E-state index contributed by atoms with van der Waals surface area (Å²) < 4.78 is 5.38. The molecule has 28 heavy (non-hydrogen) atoms. The number of hydrogen-bond donors (Lipinski definition) is 1. The molecule has 1 amide bonds. The van der Waals surface area contributed by atoms with E-state index in [9.17, 15) is 4.79 Å². The molecule has 0 aliphatic carbocycles. The number of halogens is 2. The van der Waals surface area contributed by atoms with Crippen LogP contribution in [0.3, 0.4) is 0 Å². The van der Waals surface area contributed by atoms with Gasteiger partial charge < -0.3 is 9.84 Å². The maximum Gasteiger partial charge on any atom is 0.260 e. The second-order valence-electron chi connectivity index (χ2n) is 6.60. The molecule has 0 atom stereocenters. The minimum Gasteiger partial charge on any atom is -0.334 e. The lowest BCUT2D eigenvalue weighted by molar-refractivity contribution is -0.111. The van der Waals surface area contributed by atoms with Gasteiger partial charge in [-0.3, -0.25) is 4.79 Å². The summed E-state index contributed by atoms with van der Waals surface area (Å²) in [6.07, 6.45) is 3.02. The summed E-state index contributed by atoms with van der Waals surface area (Å²) in [6.45, 7) is 5.87. The Bertz CT molecular complexity index is 1040. The quantitative estimate of drug-likeness (QED) is 0.509. The summed E-state index contributed by atoms with van der Waals surface area (Å²) in [6, 6.07) is 10.7. The molecule has 7 heteroatoms. The zero-order valence-corrected chi connectivity index (χ0v) is 17.2. The molecule has 0 fully saturated rings. The van der Waals surface area contributed by atoms with Crippen LogP contribution in [-0.2, 0) is 4.79 Å². The van der Waals surface area contributed by atoms with Gasteiger partial charge in [-0.15, -0.1) is 0 Å². The fourth-order valence-corrected chi connectivity index (χ4v) is 2.92. The number of carbonyl (C=O) groups is 1. The second kappa shape index (κ2) is 8.59. The van der Waals surface area contributed by atoms with E-state index in [4.69, 9.17) is 27.7 Å². The second-order valence-corrected chi connectivity index (χ2v) is 7.44. The Balaban J connectivity index is 1.86. The van der Waals surface area contributed by atoms with Crippen LogP contribution in [-0.4, -0.2) is 16.0 Å². The van der Waals surface area contributed by atoms with Crippen LogP contribution in [0.2, 0.25) is 10.0 Å². The number of rotatable bonds is 5. The van der Waals surface area contributed by atoms with Gasteiger partial charge in [0, 0.05) is 22.0 Å². The van der Waals surface area contributed by atoms with Crippen molar-refractivity contribution >= 4 is 40.9 Å². The number of nitrogens with zero attached hydrogens (tertiary/aromatic N) is 2. The van der Waals surface area contributed by atoms with E-state index in [0.29, 0.717) is 38.6 Å². The van der Waals surface area contributed by atoms with Gasteiger partial charge in [0.05, 0.1) is 11.3 Å². The van der Waals surface area contributed by atoms with E-state index >= 15 is 0 Å². The van der Waals surface area contributed by atoms with E-state index in [2.05, 4.69) is 15.5 Å². The van der Waals surface area contributed by atoms with Crippen molar-refractivity contribution in [2.75, 3.05) is 5.32 Å². The minimum absolute atomic E-state index is 0.144. The molecule has 0 bridgehead atoms. The van der Waals surface area contributed by atoms with Crippen LogP contribution in [0.5, 0.6) is 0 Å². The maximum absolute atomic E-state index is 12.5. The van der Waals surface area contributed by atoms with Gasteiger partial charge in [0.15, 0.2) is 5.82 Å². The summed E-state index contributed by atoms with van der Waals surface area (Å²) in [5, 5.41) is 7.94. The van der Waals surface area contributed by atoms with Crippen molar-refractivity contribution in [2.45, 2.75) is 26.7 Å². The van der Waals surface area contributed by atoms with Gasteiger partial charge in [-0.2, -0.15) is 4.98 Å². The summed E-state index contributed by atoms with van der Waals surface area (Å²) in [5.74, 6) is 0.815. The number of benzene rings is 2. The summed E-state index contributed by atoms with van der Waals surface area (Å²) in [4.78, 5) is 16.9. The number of nitrogens with one attached hydrogen (secondary N) is 1. The summed E-state index contributed by atoms with van der Waals surface area (Å²) in [5.41, 5.74) is 2.83. The number of aryl methyl sites for hydroxylation is 1. The maximum atomic E-state index is 12.5. The molecule has 144 valence electrons. The lowest BCUT2D eigenvalue weighted by Gasteiger charge is -2.10. The number of amides is 1. The third-order valence-electron chi connectivity index (χ3n) is 4.08. The Kier molecular flexibility index (Phi) is 6.17. The molecular weight excluding hydrogens is 397 g/mol. The fraction of sp³-hybridized carbons (Fsp3) is 0.190. The normalized spacial score (nSPS) is 11.4. The number of para-hydroxylation sites is 1. The van der Waals surface area contributed by atoms with Crippen molar-refractivity contribution in [1.82, 2.24) is 10.1 Å². The smallest absolute Gasteiger partial charge is 0.260 e. The number of carbonyl (C=O) groups excluding carboxylic acids is 1. The third kappa shape index (κ3) is 4.61. The molecule has 0 saturated heterocycles. The average molecular weight is 416 g/mol. The van der Waals surface area contributed by atoms with Crippen LogP contribution in [0.15, 0.2) is 47.0 Å². The lowest BCUT2D eigenvalue weighted by atomic mass is 10.1.